The van der Waals surface area contributed by atoms with E-state index in [0.717, 1.165) is 17.7 Å². The molecule has 0 atom stereocenters. The van der Waals surface area contributed by atoms with Gasteiger partial charge < -0.3 is 5.73 Å². The molecule has 102 valence electrons. The van der Waals surface area contributed by atoms with E-state index in [4.69, 9.17) is 5.73 Å². The first-order valence-electron chi connectivity index (χ1n) is 5.99. The summed E-state index contributed by atoms with van der Waals surface area (Å²) >= 11 is 1.50. The van der Waals surface area contributed by atoms with Crippen LogP contribution in [0.15, 0.2) is 29.2 Å². The third-order valence-corrected chi connectivity index (χ3v) is 4.97. The van der Waals surface area contributed by atoms with E-state index in [1.165, 1.54) is 11.8 Å². The number of rotatable bonds is 8. The molecular formula is C12H20N2O2S2. The fraction of sp³-hybridized carbons (Fsp3) is 0.500. The third kappa shape index (κ3) is 6.28. The number of hydrogen-bond donors (Lipinski definition) is 2. The molecule has 0 saturated heterocycles. The number of benzene rings is 1. The average Bonchev–Trinajstić information content (AvgIpc) is 2.29. The molecule has 0 unspecified atom stereocenters. The Hall–Kier alpha value is -0.720. The zero-order valence-electron chi connectivity index (χ0n) is 10.6. The molecule has 0 heterocycles. The Bertz CT molecular complexity index is 461. The normalized spacial score (nSPS) is 11.6. The maximum atomic E-state index is 11.6. The van der Waals surface area contributed by atoms with Crippen molar-refractivity contribution in [3.8, 4) is 0 Å². The number of nitrogens with one attached hydrogen (secondary N) is 1. The highest BCUT2D eigenvalue weighted by atomic mass is 32.2. The minimum atomic E-state index is -3.14. The Labute approximate surface area is 113 Å². The van der Waals surface area contributed by atoms with Crippen LogP contribution in [0.3, 0.4) is 0 Å². The Morgan fingerprint density at radius 1 is 1.39 bits per heavy atom. The van der Waals surface area contributed by atoms with Crippen molar-refractivity contribution in [1.29, 1.82) is 0 Å². The molecule has 1 rings (SSSR count). The lowest BCUT2D eigenvalue weighted by molar-refractivity contribution is 0.580. The topological polar surface area (TPSA) is 72.2 Å². The molecule has 1 aromatic carbocycles. The molecule has 0 spiro atoms. The first kappa shape index (κ1) is 15.3. The summed E-state index contributed by atoms with van der Waals surface area (Å²) in [7, 11) is -3.14. The van der Waals surface area contributed by atoms with Gasteiger partial charge in [0.1, 0.15) is 0 Å². The second kappa shape index (κ2) is 7.66. The Morgan fingerprint density at radius 3 is 2.83 bits per heavy atom. The maximum Gasteiger partial charge on any atom is 0.212 e. The summed E-state index contributed by atoms with van der Waals surface area (Å²) in [5.74, 6) is 0.668. The van der Waals surface area contributed by atoms with E-state index in [9.17, 15) is 8.42 Å². The van der Waals surface area contributed by atoms with Gasteiger partial charge >= 0.3 is 0 Å². The number of unbranched alkanes of at least 4 members (excludes halogenated alkanes) is 1. The molecular weight excluding hydrogens is 268 g/mol. The molecule has 0 bridgehead atoms. The quantitative estimate of drug-likeness (QED) is 0.436. The first-order chi connectivity index (χ1) is 8.53. The van der Waals surface area contributed by atoms with Gasteiger partial charge in [0.15, 0.2) is 0 Å². The second-order valence-corrected chi connectivity index (χ2v) is 7.08. The van der Waals surface area contributed by atoms with Crippen molar-refractivity contribution in [2.24, 2.45) is 0 Å². The van der Waals surface area contributed by atoms with Gasteiger partial charge in [-0.15, -0.1) is 11.8 Å². The molecule has 18 heavy (non-hydrogen) atoms. The molecule has 4 nitrogen and oxygen atoms in total. The molecule has 0 aliphatic heterocycles. The average molecular weight is 288 g/mol. The van der Waals surface area contributed by atoms with Gasteiger partial charge in [-0.3, -0.25) is 0 Å². The lowest BCUT2D eigenvalue weighted by Gasteiger charge is -2.06. The van der Waals surface area contributed by atoms with Crippen LogP contribution in [0.2, 0.25) is 0 Å². The summed E-state index contributed by atoms with van der Waals surface area (Å²) < 4.78 is 25.8. The van der Waals surface area contributed by atoms with Crippen molar-refractivity contribution in [1.82, 2.24) is 4.72 Å². The van der Waals surface area contributed by atoms with Gasteiger partial charge in [0.2, 0.25) is 10.0 Å². The Kier molecular flexibility index (Phi) is 6.52. The monoisotopic (exact) mass is 288 g/mol. The number of nitrogens with two attached hydrogens (primary N) is 1. The third-order valence-electron chi connectivity index (χ3n) is 2.33. The second-order valence-electron chi connectivity index (χ2n) is 3.99. The van der Waals surface area contributed by atoms with E-state index in [1.807, 2.05) is 31.2 Å². The lowest BCUT2D eigenvalue weighted by atomic mass is 10.3. The summed E-state index contributed by atoms with van der Waals surface area (Å²) in [5.41, 5.74) is 6.35. The van der Waals surface area contributed by atoms with Crippen LogP contribution in [-0.4, -0.2) is 26.5 Å². The van der Waals surface area contributed by atoms with Crippen molar-refractivity contribution in [2.75, 3.05) is 23.8 Å². The predicted octanol–water partition coefficient (Wildman–Crippen LogP) is 2.08. The molecule has 0 amide bonds. The summed E-state index contributed by atoms with van der Waals surface area (Å²) in [5, 5.41) is 0. The summed E-state index contributed by atoms with van der Waals surface area (Å²) in [4.78, 5) is 0.999. The fourth-order valence-corrected chi connectivity index (χ4v) is 3.79. The van der Waals surface area contributed by atoms with Crippen molar-refractivity contribution in [3.63, 3.8) is 0 Å². The van der Waals surface area contributed by atoms with E-state index in [1.54, 1.807) is 0 Å². The van der Waals surface area contributed by atoms with Gasteiger partial charge in [-0.25, -0.2) is 13.1 Å². The number of thioether (sulfide) groups is 1. The van der Waals surface area contributed by atoms with Crippen LogP contribution in [0.5, 0.6) is 0 Å². The summed E-state index contributed by atoms with van der Waals surface area (Å²) in [6.45, 7) is 2.56. The number of nitrogen functional groups attached to an aromatic ring is 1. The lowest BCUT2D eigenvalue weighted by Crippen LogP contribution is -2.28. The van der Waals surface area contributed by atoms with Crippen LogP contribution in [0.4, 0.5) is 5.69 Å². The van der Waals surface area contributed by atoms with Crippen molar-refractivity contribution in [2.45, 2.75) is 24.7 Å². The zero-order valence-corrected chi connectivity index (χ0v) is 12.2. The van der Waals surface area contributed by atoms with E-state index in [0.29, 0.717) is 18.0 Å². The van der Waals surface area contributed by atoms with Crippen LogP contribution in [0.1, 0.15) is 19.8 Å². The molecule has 0 saturated carbocycles. The molecule has 0 fully saturated rings. The van der Waals surface area contributed by atoms with Crippen molar-refractivity contribution >= 4 is 27.5 Å². The first-order valence-corrected chi connectivity index (χ1v) is 8.63. The molecule has 0 radical (unpaired) electrons. The van der Waals surface area contributed by atoms with E-state index >= 15 is 0 Å². The highest BCUT2D eigenvalue weighted by Gasteiger charge is 2.09. The van der Waals surface area contributed by atoms with Gasteiger partial charge in [-0.05, 0) is 24.6 Å². The predicted molar refractivity (Wildman–Crippen MR) is 78.3 cm³/mol. The van der Waals surface area contributed by atoms with Gasteiger partial charge in [0.05, 0.1) is 5.75 Å². The van der Waals surface area contributed by atoms with Gasteiger partial charge in [-0.2, -0.15) is 0 Å². The summed E-state index contributed by atoms with van der Waals surface area (Å²) in [6.07, 6.45) is 1.86. The highest BCUT2D eigenvalue weighted by molar-refractivity contribution is 8.00. The SMILES string of the molecule is CCCCNS(=O)(=O)CCSc1cccc(N)c1. The minimum absolute atomic E-state index is 0.135. The van der Waals surface area contributed by atoms with Gasteiger partial charge in [0.25, 0.3) is 0 Å². The molecule has 6 heteroatoms. The van der Waals surface area contributed by atoms with Crippen LogP contribution in [0, 0.1) is 0 Å². The van der Waals surface area contributed by atoms with Crippen LogP contribution in [0.25, 0.3) is 0 Å². The number of hydrogen-bond acceptors (Lipinski definition) is 4. The Morgan fingerprint density at radius 2 is 2.17 bits per heavy atom. The Balaban J connectivity index is 2.32. The van der Waals surface area contributed by atoms with Gasteiger partial charge in [0, 0.05) is 22.9 Å². The number of anilines is 1. The van der Waals surface area contributed by atoms with Crippen LogP contribution < -0.4 is 10.5 Å². The van der Waals surface area contributed by atoms with E-state index < -0.39 is 10.0 Å². The fourth-order valence-electron chi connectivity index (χ4n) is 1.35. The molecule has 0 aliphatic rings. The summed E-state index contributed by atoms with van der Waals surface area (Å²) in [6, 6.07) is 7.46. The van der Waals surface area contributed by atoms with Crippen molar-refractivity contribution in [3.05, 3.63) is 24.3 Å². The van der Waals surface area contributed by atoms with Crippen LogP contribution in [-0.2, 0) is 10.0 Å². The standard InChI is InChI=1S/C12H20N2O2S2/c1-2-3-7-14-18(15,16)9-8-17-12-6-4-5-11(13)10-12/h4-6,10,14H,2-3,7-9,13H2,1H3. The largest absolute Gasteiger partial charge is 0.399 e. The van der Waals surface area contributed by atoms with E-state index in [2.05, 4.69) is 4.72 Å². The number of sulfonamides is 1. The molecule has 3 N–H and O–H groups in total. The minimum Gasteiger partial charge on any atom is -0.399 e. The van der Waals surface area contributed by atoms with Crippen LogP contribution >= 0.6 is 11.8 Å². The molecule has 1 aromatic rings. The molecule has 0 aliphatic carbocycles. The van der Waals surface area contributed by atoms with E-state index in [-0.39, 0.29) is 5.75 Å². The zero-order chi connectivity index (χ0) is 13.4. The van der Waals surface area contributed by atoms with Gasteiger partial charge in [-0.1, -0.05) is 19.4 Å². The molecule has 0 aromatic heterocycles. The van der Waals surface area contributed by atoms with Crippen molar-refractivity contribution < 1.29 is 8.42 Å². The maximum absolute atomic E-state index is 11.6. The smallest absolute Gasteiger partial charge is 0.212 e. The highest BCUT2D eigenvalue weighted by Crippen LogP contribution is 2.20.